The van der Waals surface area contributed by atoms with Crippen LogP contribution in [0.25, 0.3) is 0 Å². The molecule has 0 unspecified atom stereocenters. The van der Waals surface area contributed by atoms with Crippen LogP contribution in [0, 0.1) is 16.0 Å². The number of ether oxygens (including phenoxy) is 2. The van der Waals surface area contributed by atoms with Gasteiger partial charge in [0.05, 0.1) is 4.92 Å². The number of hydrogen-bond acceptors (Lipinski definition) is 7. The monoisotopic (exact) mass is 420 g/mol. The Morgan fingerprint density at radius 2 is 1.97 bits per heavy atom. The second-order valence-electron chi connectivity index (χ2n) is 8.17. The molecule has 0 radical (unpaired) electrons. The summed E-state index contributed by atoms with van der Waals surface area (Å²) >= 11 is 0. The zero-order valence-corrected chi connectivity index (χ0v) is 17.5. The number of nitro groups is 1. The number of hydrogen-bond donors (Lipinski definition) is 1. The summed E-state index contributed by atoms with van der Waals surface area (Å²) in [6, 6.07) is 5.75. The highest BCUT2D eigenvalue weighted by atomic mass is 16.6. The van der Waals surface area contributed by atoms with Gasteiger partial charge in [0.2, 0.25) is 0 Å². The molecule has 1 aromatic rings. The number of nitrogens with two attached hydrogens (primary N) is 1. The van der Waals surface area contributed by atoms with E-state index in [1.165, 1.54) is 24.3 Å². The van der Waals surface area contributed by atoms with Crippen LogP contribution in [0.1, 0.15) is 39.2 Å². The third kappa shape index (κ3) is 7.69. The van der Waals surface area contributed by atoms with Crippen molar-refractivity contribution in [2.45, 2.75) is 45.8 Å². The number of amides is 1. The minimum Gasteiger partial charge on any atom is -0.460 e. The van der Waals surface area contributed by atoms with Crippen LogP contribution in [0.2, 0.25) is 0 Å². The summed E-state index contributed by atoms with van der Waals surface area (Å²) in [7, 11) is 0. The van der Waals surface area contributed by atoms with Gasteiger partial charge in [-0.05, 0) is 50.8 Å². The third-order valence-electron chi connectivity index (χ3n) is 4.36. The van der Waals surface area contributed by atoms with Gasteiger partial charge in [0.25, 0.3) is 5.69 Å². The highest BCUT2D eigenvalue weighted by molar-refractivity contribution is 5.96. The standard InChI is InChI=1S/C20H28N4O6/c1-20(2,3)30-19(26)23-9-8-15(12-23)11-22-17(21)10-18(25)29-13-14-4-6-16(7-5-14)24(27)28/h4-7,15H,8-13H2,1-3H3,(H2,21,22)/t15-/m1/s1. The van der Waals surface area contributed by atoms with E-state index in [0.29, 0.717) is 25.2 Å². The summed E-state index contributed by atoms with van der Waals surface area (Å²) in [5.74, 6) is -0.206. The van der Waals surface area contributed by atoms with Crippen molar-refractivity contribution < 1.29 is 24.0 Å². The minimum atomic E-state index is -0.535. The number of esters is 1. The Hall–Kier alpha value is -3.17. The minimum absolute atomic E-state index is 0.00240. The number of carbonyl (C=O) groups is 2. The Bertz CT molecular complexity index is 801. The maximum Gasteiger partial charge on any atom is 0.410 e. The number of benzene rings is 1. The first kappa shape index (κ1) is 23.1. The number of likely N-dealkylation sites (tertiary alicyclic amines) is 1. The molecule has 0 saturated carbocycles. The van der Waals surface area contributed by atoms with Crippen molar-refractivity contribution in [3.63, 3.8) is 0 Å². The molecule has 1 saturated heterocycles. The Morgan fingerprint density at radius 3 is 2.57 bits per heavy atom. The van der Waals surface area contributed by atoms with Crippen LogP contribution in [0.5, 0.6) is 0 Å². The fourth-order valence-corrected chi connectivity index (χ4v) is 2.85. The first-order chi connectivity index (χ1) is 14.0. The molecule has 1 fully saturated rings. The topological polar surface area (TPSA) is 137 Å². The predicted octanol–water partition coefficient (Wildman–Crippen LogP) is 2.64. The van der Waals surface area contributed by atoms with Gasteiger partial charge in [-0.25, -0.2) is 4.79 Å². The number of rotatable bonds is 7. The van der Waals surface area contributed by atoms with Gasteiger partial charge in [0.15, 0.2) is 0 Å². The molecule has 1 heterocycles. The van der Waals surface area contributed by atoms with Crippen LogP contribution in [0.15, 0.2) is 29.3 Å². The highest BCUT2D eigenvalue weighted by Crippen LogP contribution is 2.20. The molecule has 10 heteroatoms. The molecule has 0 spiro atoms. The van der Waals surface area contributed by atoms with Crippen molar-refractivity contribution in [3.8, 4) is 0 Å². The van der Waals surface area contributed by atoms with E-state index in [4.69, 9.17) is 15.2 Å². The molecule has 30 heavy (non-hydrogen) atoms. The van der Waals surface area contributed by atoms with Crippen LogP contribution in [-0.4, -0.2) is 53.0 Å². The number of carbonyl (C=O) groups excluding carboxylic acids is 2. The molecule has 1 aliphatic rings. The molecule has 1 atom stereocenters. The molecule has 1 amide bonds. The van der Waals surface area contributed by atoms with Crippen LogP contribution < -0.4 is 5.73 Å². The van der Waals surface area contributed by atoms with E-state index >= 15 is 0 Å². The molecule has 0 bridgehead atoms. The molecule has 1 aromatic carbocycles. The first-order valence-electron chi connectivity index (χ1n) is 9.69. The van der Waals surface area contributed by atoms with E-state index in [1.807, 2.05) is 20.8 Å². The summed E-state index contributed by atoms with van der Waals surface area (Å²) in [6.07, 6.45) is 0.313. The predicted molar refractivity (Wildman–Crippen MR) is 110 cm³/mol. The molecule has 164 valence electrons. The maximum atomic E-state index is 12.1. The van der Waals surface area contributed by atoms with Crippen LogP contribution in [0.3, 0.4) is 0 Å². The van der Waals surface area contributed by atoms with Crippen LogP contribution in [0.4, 0.5) is 10.5 Å². The van der Waals surface area contributed by atoms with Crippen molar-refractivity contribution in [1.82, 2.24) is 4.90 Å². The zero-order chi connectivity index (χ0) is 22.3. The lowest BCUT2D eigenvalue weighted by atomic mass is 10.1. The molecule has 0 aromatic heterocycles. The van der Waals surface area contributed by atoms with Crippen LogP contribution >= 0.6 is 0 Å². The van der Waals surface area contributed by atoms with E-state index in [0.717, 1.165) is 6.42 Å². The van der Waals surface area contributed by atoms with Gasteiger partial charge >= 0.3 is 12.1 Å². The highest BCUT2D eigenvalue weighted by Gasteiger charge is 2.29. The molecular formula is C20H28N4O6. The number of nitro benzene ring substituents is 1. The maximum absolute atomic E-state index is 12.1. The summed E-state index contributed by atoms with van der Waals surface area (Å²) in [4.78, 5) is 40.0. The second kappa shape index (κ2) is 10.0. The fourth-order valence-electron chi connectivity index (χ4n) is 2.85. The molecule has 1 aliphatic heterocycles. The van der Waals surface area contributed by atoms with Crippen molar-refractivity contribution in [2.24, 2.45) is 16.6 Å². The molecule has 2 N–H and O–H groups in total. The smallest absolute Gasteiger partial charge is 0.410 e. The third-order valence-corrected chi connectivity index (χ3v) is 4.36. The quantitative estimate of drug-likeness (QED) is 0.235. The fraction of sp³-hybridized carbons (Fsp3) is 0.550. The van der Waals surface area contributed by atoms with Gasteiger partial charge in [0, 0.05) is 31.8 Å². The van der Waals surface area contributed by atoms with Gasteiger partial charge in [-0.1, -0.05) is 0 Å². The average Bonchev–Trinajstić information content (AvgIpc) is 3.13. The van der Waals surface area contributed by atoms with Crippen molar-refractivity contribution in [2.75, 3.05) is 19.6 Å². The zero-order valence-electron chi connectivity index (χ0n) is 17.5. The lowest BCUT2D eigenvalue weighted by Gasteiger charge is -2.24. The first-order valence-corrected chi connectivity index (χ1v) is 9.69. The Kier molecular flexibility index (Phi) is 7.73. The number of non-ortho nitro benzene ring substituents is 1. The molecular weight excluding hydrogens is 392 g/mol. The Balaban J connectivity index is 1.72. The average molecular weight is 420 g/mol. The number of aliphatic imine (C=N–C) groups is 1. The summed E-state index contributed by atoms with van der Waals surface area (Å²) in [5.41, 5.74) is 5.89. The molecule has 0 aliphatic carbocycles. The second-order valence-corrected chi connectivity index (χ2v) is 8.17. The normalized spacial score (nSPS) is 17.0. The van der Waals surface area contributed by atoms with E-state index < -0.39 is 16.5 Å². The summed E-state index contributed by atoms with van der Waals surface area (Å²) in [6.45, 7) is 7.03. The summed E-state index contributed by atoms with van der Waals surface area (Å²) < 4.78 is 10.5. The van der Waals surface area contributed by atoms with Crippen molar-refractivity contribution >= 4 is 23.6 Å². The van der Waals surface area contributed by atoms with Crippen molar-refractivity contribution in [1.29, 1.82) is 0 Å². The van der Waals surface area contributed by atoms with Gasteiger partial charge in [-0.15, -0.1) is 0 Å². The SMILES string of the molecule is CC(C)(C)OC(=O)N1CC[C@H](CN=C(N)CC(=O)OCc2ccc([N+](=O)[O-])cc2)C1. The van der Waals surface area contributed by atoms with Gasteiger partial charge < -0.3 is 20.1 Å². The van der Waals surface area contributed by atoms with Gasteiger partial charge in [-0.3, -0.25) is 19.9 Å². The van der Waals surface area contributed by atoms with Crippen molar-refractivity contribution in [3.05, 3.63) is 39.9 Å². The number of amidine groups is 1. The Morgan fingerprint density at radius 1 is 1.30 bits per heavy atom. The molecule has 2 rings (SSSR count). The largest absolute Gasteiger partial charge is 0.460 e. The van der Waals surface area contributed by atoms with Gasteiger partial charge in [-0.2, -0.15) is 0 Å². The van der Waals surface area contributed by atoms with Gasteiger partial charge in [0.1, 0.15) is 24.5 Å². The van der Waals surface area contributed by atoms with E-state index in [2.05, 4.69) is 4.99 Å². The summed E-state index contributed by atoms with van der Waals surface area (Å²) in [5, 5.41) is 10.6. The Labute approximate surface area is 175 Å². The number of nitrogens with zero attached hydrogens (tertiary/aromatic N) is 3. The van der Waals surface area contributed by atoms with Crippen LogP contribution in [-0.2, 0) is 20.9 Å². The van der Waals surface area contributed by atoms with E-state index in [9.17, 15) is 19.7 Å². The molecule has 10 nitrogen and oxygen atoms in total. The lowest BCUT2D eigenvalue weighted by molar-refractivity contribution is -0.384. The van der Waals surface area contributed by atoms with E-state index in [1.54, 1.807) is 4.90 Å². The van der Waals surface area contributed by atoms with E-state index in [-0.39, 0.29) is 36.6 Å². The lowest BCUT2D eigenvalue weighted by Crippen LogP contribution is -2.35.